The van der Waals surface area contributed by atoms with E-state index < -0.39 is 17.5 Å². The third-order valence-electron chi connectivity index (χ3n) is 3.73. The Morgan fingerprint density at radius 3 is 1.91 bits per heavy atom. The standard InChI is InChI=1S/C15H18N2O5/c1-21-12(18)9-6-10(13(19)22-2)8-11(7-9)17-14(20)15(16)4-3-5-15/h6-8H,3-5,16H2,1-2H3,(H,17,20). The van der Waals surface area contributed by atoms with Crippen LogP contribution in [0.4, 0.5) is 5.69 Å². The minimum Gasteiger partial charge on any atom is -0.465 e. The number of carbonyl (C=O) groups excluding carboxylic acids is 3. The molecule has 7 nitrogen and oxygen atoms in total. The molecular weight excluding hydrogens is 288 g/mol. The van der Waals surface area contributed by atoms with Crippen LogP contribution in [0.2, 0.25) is 0 Å². The van der Waals surface area contributed by atoms with Gasteiger partial charge < -0.3 is 20.5 Å². The summed E-state index contributed by atoms with van der Waals surface area (Å²) >= 11 is 0. The summed E-state index contributed by atoms with van der Waals surface area (Å²) in [4.78, 5) is 35.5. The second-order valence-electron chi connectivity index (χ2n) is 5.25. The number of anilines is 1. The van der Waals surface area contributed by atoms with E-state index in [4.69, 9.17) is 5.73 Å². The lowest BCUT2D eigenvalue weighted by molar-refractivity contribution is -0.123. The van der Waals surface area contributed by atoms with Gasteiger partial charge in [-0.15, -0.1) is 0 Å². The van der Waals surface area contributed by atoms with Gasteiger partial charge in [0.25, 0.3) is 0 Å². The fourth-order valence-corrected chi connectivity index (χ4v) is 2.21. The molecule has 0 bridgehead atoms. The molecule has 1 fully saturated rings. The van der Waals surface area contributed by atoms with Crippen molar-refractivity contribution in [3.8, 4) is 0 Å². The fraction of sp³-hybridized carbons (Fsp3) is 0.400. The van der Waals surface area contributed by atoms with E-state index in [1.54, 1.807) is 0 Å². The SMILES string of the molecule is COC(=O)c1cc(NC(=O)C2(N)CCC2)cc(C(=O)OC)c1. The highest BCUT2D eigenvalue weighted by Crippen LogP contribution is 2.30. The smallest absolute Gasteiger partial charge is 0.337 e. The first-order valence-electron chi connectivity index (χ1n) is 6.81. The lowest BCUT2D eigenvalue weighted by atomic mass is 9.77. The predicted octanol–water partition coefficient (Wildman–Crippen LogP) is 1.08. The molecule has 1 aliphatic carbocycles. The lowest BCUT2D eigenvalue weighted by Gasteiger charge is -2.36. The highest BCUT2D eigenvalue weighted by molar-refractivity contribution is 6.02. The molecule has 118 valence electrons. The maximum Gasteiger partial charge on any atom is 0.337 e. The van der Waals surface area contributed by atoms with Crippen LogP contribution in [0.15, 0.2) is 18.2 Å². The second kappa shape index (κ2) is 6.15. The quantitative estimate of drug-likeness (QED) is 0.806. The molecule has 0 spiro atoms. The monoisotopic (exact) mass is 306 g/mol. The van der Waals surface area contributed by atoms with Gasteiger partial charge in [-0.25, -0.2) is 9.59 Å². The van der Waals surface area contributed by atoms with Gasteiger partial charge in [-0.1, -0.05) is 0 Å². The Morgan fingerprint density at radius 2 is 1.55 bits per heavy atom. The number of rotatable bonds is 4. The highest BCUT2D eigenvalue weighted by atomic mass is 16.5. The molecule has 0 radical (unpaired) electrons. The van der Waals surface area contributed by atoms with Crippen molar-refractivity contribution in [3.63, 3.8) is 0 Å². The Labute approximate surface area is 127 Å². The number of hydrogen-bond acceptors (Lipinski definition) is 6. The van der Waals surface area contributed by atoms with E-state index in [-0.39, 0.29) is 17.0 Å². The minimum absolute atomic E-state index is 0.139. The number of methoxy groups -OCH3 is 2. The largest absolute Gasteiger partial charge is 0.465 e. The first kappa shape index (κ1) is 16.0. The molecule has 0 aromatic heterocycles. The summed E-state index contributed by atoms with van der Waals surface area (Å²) in [5.41, 5.74) is 5.64. The summed E-state index contributed by atoms with van der Waals surface area (Å²) in [5, 5.41) is 2.64. The first-order valence-corrected chi connectivity index (χ1v) is 6.81. The molecular formula is C15H18N2O5. The summed E-state index contributed by atoms with van der Waals surface area (Å²) in [6.45, 7) is 0. The third-order valence-corrected chi connectivity index (χ3v) is 3.73. The summed E-state index contributed by atoms with van der Waals surface area (Å²) in [6.07, 6.45) is 2.12. The van der Waals surface area contributed by atoms with Gasteiger partial charge in [-0.2, -0.15) is 0 Å². The van der Waals surface area contributed by atoms with Crippen molar-refractivity contribution >= 4 is 23.5 Å². The fourth-order valence-electron chi connectivity index (χ4n) is 2.21. The van der Waals surface area contributed by atoms with E-state index in [2.05, 4.69) is 14.8 Å². The van der Waals surface area contributed by atoms with Crippen LogP contribution in [0.25, 0.3) is 0 Å². The zero-order chi connectivity index (χ0) is 16.3. The first-order chi connectivity index (χ1) is 10.4. The molecule has 1 aliphatic rings. The van der Waals surface area contributed by atoms with Crippen molar-refractivity contribution in [2.24, 2.45) is 5.73 Å². The van der Waals surface area contributed by atoms with Crippen LogP contribution in [0.5, 0.6) is 0 Å². The number of nitrogens with two attached hydrogens (primary N) is 1. The summed E-state index contributed by atoms with van der Waals surface area (Å²) in [7, 11) is 2.46. The molecule has 1 aromatic rings. The Hall–Kier alpha value is -2.41. The number of amides is 1. The van der Waals surface area contributed by atoms with Crippen molar-refractivity contribution in [2.45, 2.75) is 24.8 Å². The molecule has 3 N–H and O–H groups in total. The van der Waals surface area contributed by atoms with Crippen molar-refractivity contribution < 1.29 is 23.9 Å². The molecule has 0 unspecified atom stereocenters. The van der Waals surface area contributed by atoms with Crippen LogP contribution < -0.4 is 11.1 Å². The summed E-state index contributed by atoms with van der Waals surface area (Å²) < 4.78 is 9.27. The minimum atomic E-state index is -0.882. The number of carbonyl (C=O) groups is 3. The molecule has 2 rings (SSSR count). The van der Waals surface area contributed by atoms with Gasteiger partial charge in [0, 0.05) is 5.69 Å². The molecule has 0 saturated heterocycles. The Morgan fingerprint density at radius 1 is 1.05 bits per heavy atom. The van der Waals surface area contributed by atoms with Crippen LogP contribution in [0, 0.1) is 0 Å². The summed E-state index contributed by atoms with van der Waals surface area (Å²) in [6, 6.07) is 4.20. The maximum absolute atomic E-state index is 12.1. The van der Waals surface area contributed by atoms with E-state index in [0.29, 0.717) is 18.5 Å². The van der Waals surface area contributed by atoms with E-state index in [1.165, 1.54) is 32.4 Å². The zero-order valence-electron chi connectivity index (χ0n) is 12.5. The van der Waals surface area contributed by atoms with E-state index in [9.17, 15) is 14.4 Å². The molecule has 1 aromatic carbocycles. The van der Waals surface area contributed by atoms with Gasteiger partial charge in [0.2, 0.25) is 5.91 Å². The zero-order valence-corrected chi connectivity index (χ0v) is 12.5. The van der Waals surface area contributed by atoms with Crippen molar-refractivity contribution in [1.82, 2.24) is 0 Å². The average Bonchev–Trinajstić information content (AvgIpc) is 2.50. The lowest BCUT2D eigenvalue weighted by Crippen LogP contribution is -2.56. The molecule has 0 atom stereocenters. The van der Waals surface area contributed by atoms with E-state index >= 15 is 0 Å². The van der Waals surface area contributed by atoms with Crippen LogP contribution in [-0.4, -0.2) is 37.6 Å². The van der Waals surface area contributed by atoms with E-state index in [1.807, 2.05) is 0 Å². The highest BCUT2D eigenvalue weighted by Gasteiger charge is 2.40. The molecule has 0 aliphatic heterocycles. The molecule has 1 saturated carbocycles. The Balaban J connectivity index is 2.31. The van der Waals surface area contributed by atoms with Gasteiger partial charge in [0.15, 0.2) is 0 Å². The van der Waals surface area contributed by atoms with Crippen LogP contribution in [0.3, 0.4) is 0 Å². The second-order valence-corrected chi connectivity index (χ2v) is 5.25. The maximum atomic E-state index is 12.1. The van der Waals surface area contributed by atoms with Crippen molar-refractivity contribution in [2.75, 3.05) is 19.5 Å². The van der Waals surface area contributed by atoms with Gasteiger partial charge in [-0.05, 0) is 37.5 Å². The molecule has 22 heavy (non-hydrogen) atoms. The average molecular weight is 306 g/mol. The molecule has 7 heteroatoms. The number of esters is 2. The predicted molar refractivity (Wildman–Crippen MR) is 78.5 cm³/mol. The van der Waals surface area contributed by atoms with Crippen LogP contribution >= 0.6 is 0 Å². The number of ether oxygens (including phenoxy) is 2. The molecule has 0 heterocycles. The number of hydrogen-bond donors (Lipinski definition) is 2. The van der Waals surface area contributed by atoms with Gasteiger partial charge in [-0.3, -0.25) is 4.79 Å². The van der Waals surface area contributed by atoms with Crippen molar-refractivity contribution in [3.05, 3.63) is 29.3 Å². The molecule has 1 amide bonds. The summed E-state index contributed by atoms with van der Waals surface area (Å²) in [5.74, 6) is -1.57. The normalized spacial score (nSPS) is 15.4. The van der Waals surface area contributed by atoms with Gasteiger partial charge >= 0.3 is 11.9 Å². The number of benzene rings is 1. The third kappa shape index (κ3) is 3.09. The number of nitrogens with one attached hydrogen (secondary N) is 1. The van der Waals surface area contributed by atoms with E-state index in [0.717, 1.165) is 6.42 Å². The Bertz CT molecular complexity index is 588. The van der Waals surface area contributed by atoms with Gasteiger partial charge in [0.1, 0.15) is 0 Å². The van der Waals surface area contributed by atoms with Crippen LogP contribution in [-0.2, 0) is 14.3 Å². The Kier molecular flexibility index (Phi) is 4.46. The topological polar surface area (TPSA) is 108 Å². The van der Waals surface area contributed by atoms with Gasteiger partial charge in [0.05, 0.1) is 30.9 Å². The van der Waals surface area contributed by atoms with Crippen LogP contribution in [0.1, 0.15) is 40.0 Å². The van der Waals surface area contributed by atoms with Crippen molar-refractivity contribution in [1.29, 1.82) is 0 Å².